The lowest BCUT2D eigenvalue weighted by molar-refractivity contribution is -0.121. The number of carbonyl (C=O) groups is 1. The maximum absolute atomic E-state index is 11.6. The molecule has 0 aliphatic rings. The molecular formula is C15H25ClN2O3. The van der Waals surface area contributed by atoms with Crippen LogP contribution in [-0.4, -0.2) is 39.3 Å². The summed E-state index contributed by atoms with van der Waals surface area (Å²) in [5.74, 6) is 1.43. The van der Waals surface area contributed by atoms with Gasteiger partial charge in [0.05, 0.1) is 13.7 Å². The molecule has 2 N–H and O–H groups in total. The molecule has 1 unspecified atom stereocenters. The Morgan fingerprint density at radius 3 is 2.57 bits per heavy atom. The third-order valence-electron chi connectivity index (χ3n) is 2.81. The topological polar surface area (TPSA) is 59.6 Å². The van der Waals surface area contributed by atoms with E-state index in [0.717, 1.165) is 13.0 Å². The van der Waals surface area contributed by atoms with Gasteiger partial charge in [0, 0.05) is 6.42 Å². The molecule has 1 rings (SSSR count). The number of para-hydroxylation sites is 2. The van der Waals surface area contributed by atoms with Crippen molar-refractivity contribution < 1.29 is 14.3 Å². The minimum Gasteiger partial charge on any atom is -0.493 e. The lowest BCUT2D eigenvalue weighted by atomic mass is 10.3. The van der Waals surface area contributed by atoms with E-state index in [9.17, 15) is 4.79 Å². The molecule has 0 spiro atoms. The van der Waals surface area contributed by atoms with Crippen LogP contribution in [0.2, 0.25) is 0 Å². The Morgan fingerprint density at radius 2 is 1.95 bits per heavy atom. The fourth-order valence-electron chi connectivity index (χ4n) is 1.75. The quantitative estimate of drug-likeness (QED) is 0.684. The molecule has 0 radical (unpaired) electrons. The predicted octanol–water partition coefficient (Wildman–Crippen LogP) is 2.00. The fraction of sp³-hybridized carbons (Fsp3) is 0.533. The SMILES string of the molecule is CNCCCC(=O)NCC(C)Oc1ccccc1OC.Cl. The number of halogens is 1. The second kappa shape index (κ2) is 11.2. The number of benzene rings is 1. The highest BCUT2D eigenvalue weighted by Crippen LogP contribution is 2.26. The van der Waals surface area contributed by atoms with Crippen LogP contribution >= 0.6 is 12.4 Å². The molecule has 21 heavy (non-hydrogen) atoms. The molecule has 1 aromatic rings. The van der Waals surface area contributed by atoms with Gasteiger partial charge in [0.1, 0.15) is 6.10 Å². The van der Waals surface area contributed by atoms with Crippen LogP contribution in [0, 0.1) is 0 Å². The molecule has 1 aromatic carbocycles. The summed E-state index contributed by atoms with van der Waals surface area (Å²) in [6, 6.07) is 7.48. The summed E-state index contributed by atoms with van der Waals surface area (Å²) in [7, 11) is 3.48. The van der Waals surface area contributed by atoms with Crippen molar-refractivity contribution in [1.29, 1.82) is 0 Å². The molecule has 0 bridgehead atoms. The van der Waals surface area contributed by atoms with Crippen molar-refractivity contribution in [3.63, 3.8) is 0 Å². The Balaban J connectivity index is 0.00000400. The van der Waals surface area contributed by atoms with Crippen LogP contribution in [0.4, 0.5) is 0 Å². The molecule has 0 saturated heterocycles. The minimum atomic E-state index is -0.112. The van der Waals surface area contributed by atoms with Crippen molar-refractivity contribution in [3.05, 3.63) is 24.3 Å². The van der Waals surface area contributed by atoms with E-state index in [2.05, 4.69) is 10.6 Å². The first-order valence-electron chi connectivity index (χ1n) is 6.88. The van der Waals surface area contributed by atoms with E-state index >= 15 is 0 Å². The van der Waals surface area contributed by atoms with Gasteiger partial charge < -0.3 is 20.1 Å². The maximum Gasteiger partial charge on any atom is 0.220 e. The molecule has 120 valence electrons. The molecule has 0 aliphatic heterocycles. The molecule has 0 saturated carbocycles. The number of hydrogen-bond acceptors (Lipinski definition) is 4. The van der Waals surface area contributed by atoms with Gasteiger partial charge in [0.15, 0.2) is 11.5 Å². The standard InChI is InChI=1S/C15H24N2O3.ClH/c1-12(11-17-15(18)9-6-10-16-2)20-14-8-5-4-7-13(14)19-3;/h4-5,7-8,12,16H,6,9-11H2,1-3H3,(H,17,18);1H. The average molecular weight is 317 g/mol. The van der Waals surface area contributed by atoms with Crippen LogP contribution in [0.3, 0.4) is 0 Å². The Morgan fingerprint density at radius 1 is 1.29 bits per heavy atom. The summed E-state index contributed by atoms with van der Waals surface area (Å²) in [6.45, 7) is 3.25. The van der Waals surface area contributed by atoms with Gasteiger partial charge in [-0.25, -0.2) is 0 Å². The van der Waals surface area contributed by atoms with Gasteiger partial charge in [-0.15, -0.1) is 12.4 Å². The third kappa shape index (κ3) is 7.78. The van der Waals surface area contributed by atoms with Gasteiger partial charge >= 0.3 is 0 Å². The second-order valence-corrected chi connectivity index (χ2v) is 4.59. The number of nitrogens with one attached hydrogen (secondary N) is 2. The van der Waals surface area contributed by atoms with Gasteiger partial charge in [-0.1, -0.05) is 12.1 Å². The van der Waals surface area contributed by atoms with Crippen molar-refractivity contribution in [3.8, 4) is 11.5 Å². The van der Waals surface area contributed by atoms with Crippen LogP contribution in [-0.2, 0) is 4.79 Å². The smallest absolute Gasteiger partial charge is 0.220 e. The van der Waals surface area contributed by atoms with Crippen LogP contribution in [0.1, 0.15) is 19.8 Å². The number of carbonyl (C=O) groups excluding carboxylic acids is 1. The Hall–Kier alpha value is -1.46. The average Bonchev–Trinajstić information content (AvgIpc) is 2.46. The van der Waals surface area contributed by atoms with Crippen LogP contribution in [0.15, 0.2) is 24.3 Å². The van der Waals surface area contributed by atoms with Gasteiger partial charge in [0.25, 0.3) is 0 Å². The summed E-state index contributed by atoms with van der Waals surface area (Å²) in [5.41, 5.74) is 0. The lowest BCUT2D eigenvalue weighted by Gasteiger charge is -2.17. The number of ether oxygens (including phenoxy) is 2. The molecule has 0 aromatic heterocycles. The molecule has 0 heterocycles. The van der Waals surface area contributed by atoms with Crippen molar-refractivity contribution >= 4 is 18.3 Å². The molecule has 1 amide bonds. The van der Waals surface area contributed by atoms with E-state index in [1.807, 2.05) is 38.2 Å². The molecule has 6 heteroatoms. The summed E-state index contributed by atoms with van der Waals surface area (Å²) >= 11 is 0. The molecular weight excluding hydrogens is 292 g/mol. The van der Waals surface area contributed by atoms with Gasteiger partial charge in [-0.2, -0.15) is 0 Å². The van der Waals surface area contributed by atoms with E-state index < -0.39 is 0 Å². The van der Waals surface area contributed by atoms with Crippen molar-refractivity contribution in [1.82, 2.24) is 10.6 Å². The summed E-state index contributed by atoms with van der Waals surface area (Å²) < 4.78 is 11.0. The Kier molecular flexibility index (Phi) is 10.4. The summed E-state index contributed by atoms with van der Waals surface area (Å²) in [6.07, 6.45) is 1.26. The van der Waals surface area contributed by atoms with Gasteiger partial charge in [-0.05, 0) is 39.1 Å². The largest absolute Gasteiger partial charge is 0.493 e. The van der Waals surface area contributed by atoms with E-state index in [-0.39, 0.29) is 24.4 Å². The highest BCUT2D eigenvalue weighted by atomic mass is 35.5. The van der Waals surface area contributed by atoms with E-state index in [1.165, 1.54) is 0 Å². The maximum atomic E-state index is 11.6. The van der Waals surface area contributed by atoms with Gasteiger partial charge in [-0.3, -0.25) is 4.79 Å². The number of methoxy groups -OCH3 is 1. The molecule has 0 fully saturated rings. The third-order valence-corrected chi connectivity index (χ3v) is 2.81. The zero-order valence-electron chi connectivity index (χ0n) is 12.8. The zero-order valence-corrected chi connectivity index (χ0v) is 13.7. The lowest BCUT2D eigenvalue weighted by Crippen LogP contribution is -2.33. The number of rotatable bonds is 9. The van der Waals surface area contributed by atoms with E-state index in [4.69, 9.17) is 9.47 Å². The predicted molar refractivity (Wildman–Crippen MR) is 86.5 cm³/mol. The first kappa shape index (κ1) is 19.5. The normalized spacial score (nSPS) is 11.2. The Bertz CT molecular complexity index is 416. The highest BCUT2D eigenvalue weighted by Gasteiger charge is 2.09. The zero-order chi connectivity index (χ0) is 14.8. The summed E-state index contributed by atoms with van der Waals surface area (Å²) in [5, 5.41) is 5.88. The second-order valence-electron chi connectivity index (χ2n) is 4.59. The van der Waals surface area contributed by atoms with E-state index in [0.29, 0.717) is 24.5 Å². The molecule has 1 atom stereocenters. The van der Waals surface area contributed by atoms with Crippen molar-refractivity contribution in [2.75, 3.05) is 27.2 Å². The highest BCUT2D eigenvalue weighted by molar-refractivity contribution is 5.85. The minimum absolute atomic E-state index is 0. The van der Waals surface area contributed by atoms with Crippen LogP contribution in [0.25, 0.3) is 0 Å². The van der Waals surface area contributed by atoms with Gasteiger partial charge in [0.2, 0.25) is 5.91 Å². The summed E-state index contributed by atoms with van der Waals surface area (Å²) in [4.78, 5) is 11.6. The monoisotopic (exact) mass is 316 g/mol. The van der Waals surface area contributed by atoms with Crippen LogP contribution in [0.5, 0.6) is 11.5 Å². The van der Waals surface area contributed by atoms with Crippen molar-refractivity contribution in [2.45, 2.75) is 25.9 Å². The number of hydrogen-bond donors (Lipinski definition) is 2. The Labute approximate surface area is 132 Å². The van der Waals surface area contributed by atoms with Crippen LogP contribution < -0.4 is 20.1 Å². The van der Waals surface area contributed by atoms with Crippen molar-refractivity contribution in [2.24, 2.45) is 0 Å². The first-order chi connectivity index (χ1) is 9.67. The first-order valence-corrected chi connectivity index (χ1v) is 6.88. The number of amides is 1. The molecule has 5 nitrogen and oxygen atoms in total. The van der Waals surface area contributed by atoms with E-state index in [1.54, 1.807) is 7.11 Å². The fourth-order valence-corrected chi connectivity index (χ4v) is 1.75. The molecule has 0 aliphatic carbocycles.